The summed E-state index contributed by atoms with van der Waals surface area (Å²) in [6, 6.07) is 12.1. The van der Waals surface area contributed by atoms with Crippen molar-refractivity contribution in [1.82, 2.24) is 20.2 Å². The summed E-state index contributed by atoms with van der Waals surface area (Å²) in [5.74, 6) is 2.81. The van der Waals surface area contributed by atoms with Gasteiger partial charge in [0.05, 0.1) is 23.9 Å². The van der Waals surface area contributed by atoms with Crippen molar-refractivity contribution in [2.45, 2.75) is 26.3 Å². The second kappa shape index (κ2) is 10.5. The fourth-order valence-electron chi connectivity index (χ4n) is 3.10. The Labute approximate surface area is 165 Å². The van der Waals surface area contributed by atoms with Gasteiger partial charge in [0.15, 0.2) is 5.96 Å². The zero-order chi connectivity index (χ0) is 19.6. The fourth-order valence-corrected chi connectivity index (χ4v) is 3.10. The van der Waals surface area contributed by atoms with Gasteiger partial charge in [-0.05, 0) is 37.6 Å². The molecule has 150 valence electrons. The molecule has 2 aromatic heterocycles. The first-order chi connectivity index (χ1) is 13.8. The van der Waals surface area contributed by atoms with Gasteiger partial charge in [0.1, 0.15) is 11.6 Å². The van der Waals surface area contributed by atoms with Crippen molar-refractivity contribution in [3.63, 3.8) is 0 Å². The van der Waals surface area contributed by atoms with Crippen LogP contribution in [0.5, 0.6) is 0 Å². The van der Waals surface area contributed by atoms with Crippen LogP contribution in [-0.4, -0.2) is 48.9 Å². The summed E-state index contributed by atoms with van der Waals surface area (Å²) < 4.78 is 12.7. The maximum atomic E-state index is 5.37. The lowest BCUT2D eigenvalue weighted by molar-refractivity contribution is 0.203. The number of aryl methyl sites for hydroxylation is 2. The molecular weight excluding hydrogens is 354 g/mol. The Balaban J connectivity index is 1.51. The number of para-hydroxylation sites is 2. The molecular formula is C21H29N5O2. The number of benzene rings is 1. The van der Waals surface area contributed by atoms with E-state index in [9.17, 15) is 0 Å². The number of fused-ring (bicyclic) bond motifs is 1. The van der Waals surface area contributed by atoms with Gasteiger partial charge < -0.3 is 24.4 Å². The lowest BCUT2D eigenvalue weighted by atomic mass is 10.3. The van der Waals surface area contributed by atoms with Crippen LogP contribution in [0.15, 0.2) is 52.1 Å². The summed E-state index contributed by atoms with van der Waals surface area (Å²) in [6.45, 7) is 5.80. The number of aliphatic imine (C=N–C) groups is 1. The number of nitrogens with one attached hydrogen (secondary N) is 2. The van der Waals surface area contributed by atoms with E-state index in [0.29, 0.717) is 13.2 Å². The SMILES string of the molecule is COCCNC(=NCCCn1c(C)nc2ccccc21)NCCc1ccco1. The maximum absolute atomic E-state index is 5.37. The van der Waals surface area contributed by atoms with E-state index < -0.39 is 0 Å². The number of imidazole rings is 1. The van der Waals surface area contributed by atoms with Crippen LogP contribution in [0.4, 0.5) is 0 Å². The van der Waals surface area contributed by atoms with Crippen molar-refractivity contribution < 1.29 is 9.15 Å². The molecule has 0 unspecified atom stereocenters. The summed E-state index contributed by atoms with van der Waals surface area (Å²) in [6.07, 6.45) is 3.46. The average molecular weight is 383 g/mol. The molecule has 0 spiro atoms. The predicted molar refractivity (Wildman–Crippen MR) is 112 cm³/mol. The summed E-state index contributed by atoms with van der Waals surface area (Å²) >= 11 is 0. The van der Waals surface area contributed by atoms with E-state index in [1.807, 2.05) is 18.2 Å². The van der Waals surface area contributed by atoms with Gasteiger partial charge >= 0.3 is 0 Å². The monoisotopic (exact) mass is 383 g/mol. The number of rotatable bonds is 10. The second-order valence-corrected chi connectivity index (χ2v) is 6.56. The lowest BCUT2D eigenvalue weighted by Crippen LogP contribution is -2.40. The summed E-state index contributed by atoms with van der Waals surface area (Å²) in [5, 5.41) is 6.66. The summed E-state index contributed by atoms with van der Waals surface area (Å²) in [5.41, 5.74) is 2.23. The Kier molecular flexibility index (Phi) is 7.49. The van der Waals surface area contributed by atoms with Crippen LogP contribution in [0.3, 0.4) is 0 Å². The highest BCUT2D eigenvalue weighted by Gasteiger charge is 2.06. The first-order valence-corrected chi connectivity index (χ1v) is 9.73. The average Bonchev–Trinajstić information content (AvgIpc) is 3.32. The van der Waals surface area contributed by atoms with Gasteiger partial charge in [-0.15, -0.1) is 0 Å². The molecule has 0 amide bonds. The van der Waals surface area contributed by atoms with Gasteiger partial charge in [0, 0.05) is 39.7 Å². The van der Waals surface area contributed by atoms with Crippen molar-refractivity contribution in [2.75, 3.05) is 33.4 Å². The van der Waals surface area contributed by atoms with Crippen LogP contribution in [0.1, 0.15) is 18.0 Å². The number of guanidine groups is 1. The van der Waals surface area contributed by atoms with Crippen LogP contribution in [-0.2, 0) is 17.7 Å². The van der Waals surface area contributed by atoms with Gasteiger partial charge in [-0.1, -0.05) is 12.1 Å². The molecule has 1 aromatic carbocycles. The molecule has 3 aromatic rings. The number of ether oxygens (including phenoxy) is 1. The van der Waals surface area contributed by atoms with Crippen LogP contribution < -0.4 is 10.6 Å². The van der Waals surface area contributed by atoms with Gasteiger partial charge in [0.25, 0.3) is 0 Å². The number of hydrogen-bond donors (Lipinski definition) is 2. The molecule has 0 fully saturated rings. The zero-order valence-corrected chi connectivity index (χ0v) is 16.6. The summed E-state index contributed by atoms with van der Waals surface area (Å²) in [7, 11) is 1.70. The largest absolute Gasteiger partial charge is 0.469 e. The van der Waals surface area contributed by atoms with Crippen molar-refractivity contribution >= 4 is 17.0 Å². The van der Waals surface area contributed by atoms with E-state index in [-0.39, 0.29) is 0 Å². The lowest BCUT2D eigenvalue weighted by Gasteiger charge is -2.12. The summed E-state index contributed by atoms with van der Waals surface area (Å²) in [4.78, 5) is 9.32. The zero-order valence-electron chi connectivity index (χ0n) is 16.6. The quantitative estimate of drug-likeness (QED) is 0.320. The Morgan fingerprint density at radius 1 is 1.18 bits per heavy atom. The molecule has 28 heavy (non-hydrogen) atoms. The maximum Gasteiger partial charge on any atom is 0.191 e. The van der Waals surface area contributed by atoms with Gasteiger partial charge in [-0.2, -0.15) is 0 Å². The van der Waals surface area contributed by atoms with E-state index in [1.54, 1.807) is 13.4 Å². The van der Waals surface area contributed by atoms with E-state index in [1.165, 1.54) is 5.52 Å². The number of aromatic nitrogens is 2. The molecule has 2 heterocycles. The number of nitrogens with zero attached hydrogens (tertiary/aromatic N) is 3. The molecule has 7 nitrogen and oxygen atoms in total. The molecule has 0 atom stereocenters. The van der Waals surface area contributed by atoms with Crippen LogP contribution in [0.25, 0.3) is 11.0 Å². The van der Waals surface area contributed by atoms with Crippen LogP contribution in [0, 0.1) is 6.92 Å². The number of hydrogen-bond acceptors (Lipinski definition) is 4. The fraction of sp³-hybridized carbons (Fsp3) is 0.429. The molecule has 0 aliphatic carbocycles. The van der Waals surface area contributed by atoms with Crippen LogP contribution in [0.2, 0.25) is 0 Å². The molecule has 0 radical (unpaired) electrons. The van der Waals surface area contributed by atoms with Crippen LogP contribution >= 0.6 is 0 Å². The minimum atomic E-state index is 0.638. The molecule has 0 bridgehead atoms. The molecule has 2 N–H and O–H groups in total. The third-order valence-electron chi connectivity index (χ3n) is 4.50. The Morgan fingerprint density at radius 3 is 2.86 bits per heavy atom. The highest BCUT2D eigenvalue weighted by Crippen LogP contribution is 2.15. The Bertz CT molecular complexity index is 870. The van der Waals surface area contributed by atoms with E-state index >= 15 is 0 Å². The van der Waals surface area contributed by atoms with Crippen molar-refractivity contribution in [2.24, 2.45) is 4.99 Å². The molecule has 0 aliphatic rings. The normalized spacial score (nSPS) is 11.9. The number of furan rings is 1. The molecule has 0 saturated carbocycles. The topological polar surface area (TPSA) is 76.6 Å². The molecule has 0 saturated heterocycles. The molecule has 0 aliphatic heterocycles. The van der Waals surface area contributed by atoms with Crippen molar-refractivity contribution in [3.05, 3.63) is 54.2 Å². The second-order valence-electron chi connectivity index (χ2n) is 6.56. The van der Waals surface area contributed by atoms with E-state index in [2.05, 4.69) is 45.3 Å². The van der Waals surface area contributed by atoms with Crippen molar-refractivity contribution in [3.8, 4) is 0 Å². The minimum Gasteiger partial charge on any atom is -0.469 e. The van der Waals surface area contributed by atoms with E-state index in [4.69, 9.17) is 14.1 Å². The standard InChI is InChI=1S/C21H29N5O2/c1-17-25-19-8-3-4-9-20(19)26(17)14-6-11-22-21(24-13-16-27-2)23-12-10-18-7-5-15-28-18/h3-5,7-9,15H,6,10-14,16H2,1-2H3,(H2,22,23,24). The highest BCUT2D eigenvalue weighted by atomic mass is 16.5. The third kappa shape index (κ3) is 5.60. The Hall–Kier alpha value is -2.80. The van der Waals surface area contributed by atoms with Gasteiger partial charge in [-0.3, -0.25) is 4.99 Å². The van der Waals surface area contributed by atoms with Crippen molar-refractivity contribution in [1.29, 1.82) is 0 Å². The molecule has 7 heteroatoms. The third-order valence-corrected chi connectivity index (χ3v) is 4.50. The van der Waals surface area contributed by atoms with E-state index in [0.717, 1.165) is 55.5 Å². The smallest absolute Gasteiger partial charge is 0.191 e. The first-order valence-electron chi connectivity index (χ1n) is 9.73. The minimum absolute atomic E-state index is 0.638. The number of methoxy groups -OCH3 is 1. The predicted octanol–water partition coefficient (Wildman–Crippen LogP) is 2.75. The van der Waals surface area contributed by atoms with Gasteiger partial charge in [-0.25, -0.2) is 4.98 Å². The molecule has 3 rings (SSSR count). The Morgan fingerprint density at radius 2 is 2.04 bits per heavy atom. The highest BCUT2D eigenvalue weighted by molar-refractivity contribution is 5.79. The first kappa shape index (κ1) is 19.9. The van der Waals surface area contributed by atoms with Gasteiger partial charge in [0.2, 0.25) is 0 Å².